The average molecular weight is 465 g/mol. The third-order valence-corrected chi connectivity index (χ3v) is 7.55. The summed E-state index contributed by atoms with van der Waals surface area (Å²) in [4.78, 5) is 36.7. The second-order valence-corrected chi connectivity index (χ2v) is 9.54. The van der Waals surface area contributed by atoms with Crippen molar-refractivity contribution in [1.29, 1.82) is 0 Å². The molecule has 8 nitrogen and oxygen atoms in total. The van der Waals surface area contributed by atoms with E-state index >= 15 is 0 Å². The van der Waals surface area contributed by atoms with Crippen molar-refractivity contribution in [1.82, 2.24) is 10.6 Å². The molecule has 8 heteroatoms. The van der Waals surface area contributed by atoms with Gasteiger partial charge >= 0.3 is 12.1 Å². The van der Waals surface area contributed by atoms with Crippen LogP contribution in [0.25, 0.3) is 11.1 Å². The van der Waals surface area contributed by atoms with Crippen LogP contribution in [0.1, 0.15) is 42.7 Å². The number of hydrogen-bond acceptors (Lipinski definition) is 5. The number of aliphatic hydroxyl groups is 1. The van der Waals surface area contributed by atoms with Crippen LogP contribution in [0.15, 0.2) is 48.5 Å². The lowest BCUT2D eigenvalue weighted by Gasteiger charge is -2.21. The van der Waals surface area contributed by atoms with Crippen molar-refractivity contribution in [2.75, 3.05) is 13.2 Å². The van der Waals surface area contributed by atoms with Crippen molar-refractivity contribution in [2.24, 2.45) is 11.3 Å². The molecular weight excluding hydrogens is 436 g/mol. The van der Waals surface area contributed by atoms with Crippen molar-refractivity contribution < 1.29 is 29.3 Å². The Hall–Kier alpha value is -3.39. The summed E-state index contributed by atoms with van der Waals surface area (Å²) in [5.41, 5.74) is 3.98. The van der Waals surface area contributed by atoms with E-state index in [0.717, 1.165) is 22.3 Å². The van der Waals surface area contributed by atoms with Gasteiger partial charge in [0.05, 0.1) is 5.41 Å². The molecule has 0 bridgehead atoms. The second kappa shape index (κ2) is 8.76. The molecule has 2 aromatic carbocycles. The van der Waals surface area contributed by atoms with Crippen LogP contribution >= 0.6 is 0 Å². The number of carboxylic acid groups (broad SMARTS) is 1. The number of nitrogens with one attached hydrogen (secondary N) is 2. The molecule has 0 heterocycles. The van der Waals surface area contributed by atoms with E-state index in [2.05, 4.69) is 34.9 Å². The molecule has 4 atom stereocenters. The quantitative estimate of drug-likeness (QED) is 0.476. The molecule has 178 valence electrons. The van der Waals surface area contributed by atoms with E-state index in [1.54, 1.807) is 0 Å². The van der Waals surface area contributed by atoms with Gasteiger partial charge in [0.25, 0.3) is 0 Å². The van der Waals surface area contributed by atoms with Crippen molar-refractivity contribution in [2.45, 2.75) is 43.7 Å². The summed E-state index contributed by atoms with van der Waals surface area (Å²) in [6.45, 7) is -0.0945. The topological polar surface area (TPSA) is 125 Å². The summed E-state index contributed by atoms with van der Waals surface area (Å²) in [6.07, 6.45) is 1.26. The van der Waals surface area contributed by atoms with Crippen LogP contribution in [0.3, 0.4) is 0 Å². The molecule has 0 unspecified atom stereocenters. The van der Waals surface area contributed by atoms with Gasteiger partial charge < -0.3 is 25.6 Å². The number of aliphatic carboxylic acids is 1. The molecule has 2 saturated carbocycles. The number of alkyl carbamates (subject to hydrolysis) is 1. The summed E-state index contributed by atoms with van der Waals surface area (Å²) in [5.74, 6) is -1.38. The number of carbonyl (C=O) groups is 3. The first-order valence-electron chi connectivity index (χ1n) is 11.7. The first-order valence-corrected chi connectivity index (χ1v) is 11.7. The van der Waals surface area contributed by atoms with Gasteiger partial charge in [0.1, 0.15) is 12.6 Å². The fourth-order valence-electron chi connectivity index (χ4n) is 5.78. The van der Waals surface area contributed by atoms with Crippen LogP contribution in [0, 0.1) is 11.3 Å². The lowest BCUT2D eigenvalue weighted by Crippen LogP contribution is -2.45. The SMILES string of the molecule is O=C(N[C@H]1C[C@@H]2C[C@]2(C(=O)N[C@H](CCO)C(=O)O)C1)OCC1c2ccccc2-c2ccccc21. The van der Waals surface area contributed by atoms with Gasteiger partial charge in [-0.3, -0.25) is 4.79 Å². The van der Waals surface area contributed by atoms with E-state index in [0.29, 0.717) is 19.3 Å². The van der Waals surface area contributed by atoms with E-state index < -0.39 is 23.5 Å². The highest BCUT2D eigenvalue weighted by molar-refractivity contribution is 5.90. The Morgan fingerprint density at radius 1 is 1.03 bits per heavy atom. The number of ether oxygens (including phenoxy) is 1. The van der Waals surface area contributed by atoms with Crippen LogP contribution in [-0.4, -0.2) is 53.5 Å². The summed E-state index contributed by atoms with van der Waals surface area (Å²) in [7, 11) is 0. The van der Waals surface area contributed by atoms with Gasteiger partial charge in [-0.2, -0.15) is 0 Å². The van der Waals surface area contributed by atoms with Crippen molar-refractivity contribution >= 4 is 18.0 Å². The molecule has 0 saturated heterocycles. The van der Waals surface area contributed by atoms with Gasteiger partial charge in [0.15, 0.2) is 0 Å². The first-order chi connectivity index (χ1) is 16.4. The maximum atomic E-state index is 12.8. The zero-order valence-electron chi connectivity index (χ0n) is 18.7. The molecule has 3 aliphatic rings. The molecule has 0 radical (unpaired) electrons. The number of aliphatic hydroxyl groups excluding tert-OH is 1. The van der Waals surface area contributed by atoms with Crippen molar-refractivity contribution in [3.63, 3.8) is 0 Å². The maximum absolute atomic E-state index is 12.8. The number of carboxylic acids is 1. The van der Waals surface area contributed by atoms with Gasteiger partial charge in [-0.25, -0.2) is 9.59 Å². The molecule has 4 N–H and O–H groups in total. The molecular formula is C26H28N2O6. The molecule has 2 amide bonds. The van der Waals surface area contributed by atoms with Crippen LogP contribution in [0.2, 0.25) is 0 Å². The Kier molecular flexibility index (Phi) is 5.77. The number of rotatable bonds is 8. The number of carbonyl (C=O) groups excluding carboxylic acids is 2. The van der Waals surface area contributed by atoms with Gasteiger partial charge in [-0.15, -0.1) is 0 Å². The molecule has 0 spiro atoms. The second-order valence-electron chi connectivity index (χ2n) is 9.54. The first kappa shape index (κ1) is 22.4. The highest BCUT2D eigenvalue weighted by Gasteiger charge is 2.65. The number of hydrogen-bond donors (Lipinski definition) is 4. The Morgan fingerprint density at radius 3 is 2.29 bits per heavy atom. The Morgan fingerprint density at radius 2 is 1.68 bits per heavy atom. The summed E-state index contributed by atoms with van der Waals surface area (Å²) >= 11 is 0. The summed E-state index contributed by atoms with van der Waals surface area (Å²) < 4.78 is 5.62. The number of fused-ring (bicyclic) bond motifs is 4. The molecule has 2 fully saturated rings. The zero-order chi connectivity index (χ0) is 23.9. The highest BCUT2D eigenvalue weighted by Crippen LogP contribution is 2.63. The minimum atomic E-state index is -1.16. The molecule has 5 rings (SSSR count). The molecule has 34 heavy (non-hydrogen) atoms. The maximum Gasteiger partial charge on any atom is 0.407 e. The van der Waals surface area contributed by atoms with Gasteiger partial charge in [-0.1, -0.05) is 48.5 Å². The smallest absolute Gasteiger partial charge is 0.407 e. The van der Waals surface area contributed by atoms with E-state index in [9.17, 15) is 19.5 Å². The minimum absolute atomic E-state index is 0.0215. The lowest BCUT2D eigenvalue weighted by atomic mass is 9.98. The van der Waals surface area contributed by atoms with Gasteiger partial charge in [-0.05, 0) is 47.4 Å². The Balaban J connectivity index is 1.17. The van der Waals surface area contributed by atoms with E-state index in [1.165, 1.54) is 0 Å². The monoisotopic (exact) mass is 464 g/mol. The number of amides is 2. The van der Waals surface area contributed by atoms with Crippen LogP contribution in [-0.2, 0) is 14.3 Å². The standard InChI is InChI=1S/C26H28N2O6/c29-10-9-22(23(30)31)28-24(32)26-12-15(26)11-16(13-26)27-25(33)34-14-21-19-7-3-1-5-17(19)18-6-2-4-8-20(18)21/h1-8,15-16,21-22,29H,9-14H2,(H,27,33)(H,28,32)(H,30,31)/t15-,16+,22-,26+/m1/s1. The molecule has 0 aliphatic heterocycles. The third-order valence-electron chi connectivity index (χ3n) is 7.55. The molecule has 0 aromatic heterocycles. The third kappa shape index (κ3) is 3.92. The van der Waals surface area contributed by atoms with Gasteiger partial charge in [0, 0.05) is 25.0 Å². The highest BCUT2D eigenvalue weighted by atomic mass is 16.5. The average Bonchev–Trinajstić information content (AvgIpc) is 3.25. The zero-order valence-corrected chi connectivity index (χ0v) is 18.7. The predicted molar refractivity (Wildman–Crippen MR) is 123 cm³/mol. The van der Waals surface area contributed by atoms with Crippen LogP contribution in [0.4, 0.5) is 4.79 Å². The summed E-state index contributed by atoms with van der Waals surface area (Å²) in [6, 6.07) is 15.0. The number of benzene rings is 2. The summed E-state index contributed by atoms with van der Waals surface area (Å²) in [5, 5.41) is 23.7. The van der Waals surface area contributed by atoms with Crippen LogP contribution in [0.5, 0.6) is 0 Å². The van der Waals surface area contributed by atoms with Crippen molar-refractivity contribution in [3.8, 4) is 11.1 Å². The Bertz CT molecular complexity index is 1090. The van der Waals surface area contributed by atoms with Crippen LogP contribution < -0.4 is 10.6 Å². The minimum Gasteiger partial charge on any atom is -0.480 e. The van der Waals surface area contributed by atoms with Crippen molar-refractivity contribution in [3.05, 3.63) is 59.7 Å². The Labute approximate surface area is 197 Å². The van der Waals surface area contributed by atoms with E-state index in [-0.39, 0.29) is 43.4 Å². The van der Waals surface area contributed by atoms with Gasteiger partial charge in [0.2, 0.25) is 5.91 Å². The molecule has 3 aliphatic carbocycles. The normalized spacial score (nSPS) is 25.0. The fraction of sp³-hybridized carbons (Fsp3) is 0.423. The van der Waals surface area contributed by atoms with E-state index in [4.69, 9.17) is 9.84 Å². The van der Waals surface area contributed by atoms with E-state index in [1.807, 2.05) is 24.3 Å². The lowest BCUT2D eigenvalue weighted by molar-refractivity contribution is -0.143. The predicted octanol–water partition coefficient (Wildman–Crippen LogP) is 2.65. The molecule has 2 aromatic rings. The fourth-order valence-corrected chi connectivity index (χ4v) is 5.78. The largest absolute Gasteiger partial charge is 0.480 e.